The van der Waals surface area contributed by atoms with E-state index in [1.807, 2.05) is 9.47 Å². The largest absolute Gasteiger partial charge is 0.352 e. The summed E-state index contributed by atoms with van der Waals surface area (Å²) in [4.78, 5) is 43.2. The summed E-state index contributed by atoms with van der Waals surface area (Å²) in [5, 5.41) is 2.85. The van der Waals surface area contributed by atoms with Crippen LogP contribution in [0.3, 0.4) is 0 Å². The zero-order valence-electron chi connectivity index (χ0n) is 14.9. The number of nitrogens with zero attached hydrogens (tertiary/aromatic N) is 3. The molecule has 1 aromatic rings. The summed E-state index contributed by atoms with van der Waals surface area (Å²) < 4.78 is 1.96. The Morgan fingerprint density at radius 1 is 1.23 bits per heavy atom. The van der Waals surface area contributed by atoms with E-state index >= 15 is 0 Å². The summed E-state index contributed by atoms with van der Waals surface area (Å²) in [5.41, 5.74) is -0.332. The molecule has 4 aliphatic rings. The second-order valence-electron chi connectivity index (χ2n) is 8.62. The van der Waals surface area contributed by atoms with Crippen molar-refractivity contribution in [2.24, 2.45) is 17.3 Å². The normalized spacial score (nSPS) is 27.0. The summed E-state index contributed by atoms with van der Waals surface area (Å²) in [7, 11) is 0. The van der Waals surface area contributed by atoms with Crippen LogP contribution in [0.15, 0.2) is 11.0 Å². The molecule has 2 amide bonds. The van der Waals surface area contributed by atoms with Crippen LogP contribution in [-0.4, -0.2) is 45.9 Å². The first-order chi connectivity index (χ1) is 12.5. The molecule has 0 radical (unpaired) electrons. The highest BCUT2D eigenvalue weighted by atomic mass is 16.2. The monoisotopic (exact) mass is 356 g/mol. The van der Waals surface area contributed by atoms with Gasteiger partial charge >= 0.3 is 0 Å². The quantitative estimate of drug-likeness (QED) is 0.855. The van der Waals surface area contributed by atoms with Gasteiger partial charge in [0.2, 0.25) is 5.91 Å². The van der Waals surface area contributed by atoms with Crippen molar-refractivity contribution in [3.05, 3.63) is 27.9 Å². The topological polar surface area (TPSA) is 84.3 Å². The fourth-order valence-electron chi connectivity index (χ4n) is 4.35. The van der Waals surface area contributed by atoms with Gasteiger partial charge in [-0.2, -0.15) is 4.98 Å². The molecule has 1 spiro atoms. The SMILES string of the molecule is O=C(NCC1CC1)c1cn2c(nc1=O)C[C@]1(CCN(C(=O)C3CC3)C1)C2. The van der Waals surface area contributed by atoms with Crippen molar-refractivity contribution in [2.75, 3.05) is 19.6 Å². The van der Waals surface area contributed by atoms with Gasteiger partial charge in [0.25, 0.3) is 11.5 Å². The Hall–Kier alpha value is -2.18. The molecule has 1 N–H and O–H groups in total. The second-order valence-corrected chi connectivity index (χ2v) is 8.62. The van der Waals surface area contributed by atoms with Crippen LogP contribution >= 0.6 is 0 Å². The van der Waals surface area contributed by atoms with Gasteiger partial charge < -0.3 is 14.8 Å². The summed E-state index contributed by atoms with van der Waals surface area (Å²) >= 11 is 0. The zero-order chi connectivity index (χ0) is 17.9. The average molecular weight is 356 g/mol. The number of rotatable bonds is 4. The predicted molar refractivity (Wildman–Crippen MR) is 93.6 cm³/mol. The number of carbonyl (C=O) groups excluding carboxylic acids is 2. The smallest absolute Gasteiger partial charge is 0.285 e. The minimum atomic E-state index is -0.439. The van der Waals surface area contributed by atoms with Crippen LogP contribution < -0.4 is 10.9 Å². The maximum Gasteiger partial charge on any atom is 0.285 e. The van der Waals surface area contributed by atoms with Crippen molar-refractivity contribution in [2.45, 2.75) is 45.1 Å². The third kappa shape index (κ3) is 2.83. The van der Waals surface area contributed by atoms with Crippen LogP contribution in [0.4, 0.5) is 0 Å². The van der Waals surface area contributed by atoms with E-state index in [-0.39, 0.29) is 22.8 Å². The maximum absolute atomic E-state index is 12.4. The minimum absolute atomic E-state index is 0.0277. The lowest BCUT2D eigenvalue weighted by atomic mass is 9.86. The number of aromatic nitrogens is 2. The molecule has 2 aliphatic heterocycles. The van der Waals surface area contributed by atoms with E-state index < -0.39 is 5.56 Å². The molecule has 1 atom stereocenters. The lowest BCUT2D eigenvalue weighted by Gasteiger charge is -2.22. The average Bonchev–Trinajstić information content (AvgIpc) is 3.54. The van der Waals surface area contributed by atoms with Gasteiger partial charge in [-0.05, 0) is 38.0 Å². The van der Waals surface area contributed by atoms with Gasteiger partial charge in [0.15, 0.2) is 0 Å². The Kier molecular flexibility index (Phi) is 3.49. The number of amides is 2. The molecule has 0 bridgehead atoms. The second kappa shape index (κ2) is 5.66. The van der Waals surface area contributed by atoms with E-state index in [2.05, 4.69) is 10.3 Å². The third-order valence-corrected chi connectivity index (χ3v) is 6.29. The number of likely N-dealkylation sites (tertiary alicyclic amines) is 1. The molecule has 2 saturated carbocycles. The first-order valence-corrected chi connectivity index (χ1v) is 9.70. The van der Waals surface area contributed by atoms with Crippen molar-refractivity contribution in [1.82, 2.24) is 19.8 Å². The lowest BCUT2D eigenvalue weighted by molar-refractivity contribution is -0.131. The first-order valence-electron chi connectivity index (χ1n) is 9.70. The van der Waals surface area contributed by atoms with Gasteiger partial charge in [0.05, 0.1) is 0 Å². The molecule has 138 valence electrons. The van der Waals surface area contributed by atoms with E-state index in [0.717, 1.165) is 57.6 Å². The van der Waals surface area contributed by atoms with Crippen molar-refractivity contribution in [1.29, 1.82) is 0 Å². The number of nitrogens with one attached hydrogen (secondary N) is 1. The molecular formula is C19H24N4O3. The van der Waals surface area contributed by atoms with Crippen LogP contribution in [0.25, 0.3) is 0 Å². The number of hydrogen-bond donors (Lipinski definition) is 1. The molecule has 0 unspecified atom stereocenters. The van der Waals surface area contributed by atoms with Crippen molar-refractivity contribution < 1.29 is 9.59 Å². The zero-order valence-corrected chi connectivity index (χ0v) is 14.9. The first kappa shape index (κ1) is 16.0. The van der Waals surface area contributed by atoms with Gasteiger partial charge in [0.1, 0.15) is 11.4 Å². The Morgan fingerprint density at radius 3 is 2.77 bits per heavy atom. The van der Waals surface area contributed by atoms with Gasteiger partial charge in [-0.15, -0.1) is 0 Å². The van der Waals surface area contributed by atoms with Gasteiger partial charge in [0, 0.05) is 50.1 Å². The van der Waals surface area contributed by atoms with Crippen LogP contribution in [0.1, 0.15) is 48.3 Å². The fraction of sp³-hybridized carbons (Fsp3) is 0.684. The molecule has 26 heavy (non-hydrogen) atoms. The fourth-order valence-corrected chi connectivity index (χ4v) is 4.35. The molecule has 3 fully saturated rings. The van der Waals surface area contributed by atoms with Crippen LogP contribution in [-0.2, 0) is 17.8 Å². The highest BCUT2D eigenvalue weighted by molar-refractivity contribution is 5.93. The van der Waals surface area contributed by atoms with Gasteiger partial charge in [-0.1, -0.05) is 0 Å². The van der Waals surface area contributed by atoms with Crippen LogP contribution in [0.5, 0.6) is 0 Å². The van der Waals surface area contributed by atoms with Crippen LogP contribution in [0, 0.1) is 17.3 Å². The van der Waals surface area contributed by atoms with Gasteiger partial charge in [-0.3, -0.25) is 14.4 Å². The molecule has 1 saturated heterocycles. The molecule has 7 nitrogen and oxygen atoms in total. The van der Waals surface area contributed by atoms with Crippen molar-refractivity contribution in [3.8, 4) is 0 Å². The Labute approximate surface area is 151 Å². The molecule has 3 heterocycles. The van der Waals surface area contributed by atoms with E-state index in [1.54, 1.807) is 6.20 Å². The highest BCUT2D eigenvalue weighted by Gasteiger charge is 2.47. The molecule has 2 aliphatic carbocycles. The molecule has 5 rings (SSSR count). The Balaban J connectivity index is 1.32. The van der Waals surface area contributed by atoms with Crippen molar-refractivity contribution >= 4 is 11.8 Å². The molecule has 0 aromatic carbocycles. The highest BCUT2D eigenvalue weighted by Crippen LogP contribution is 2.42. The molecule has 7 heteroatoms. The summed E-state index contributed by atoms with van der Waals surface area (Å²) in [6, 6.07) is 0. The number of fused-ring (bicyclic) bond motifs is 1. The number of carbonyl (C=O) groups is 2. The number of hydrogen-bond acceptors (Lipinski definition) is 4. The summed E-state index contributed by atoms with van der Waals surface area (Å²) in [6.07, 6.45) is 7.68. The van der Waals surface area contributed by atoms with E-state index in [9.17, 15) is 14.4 Å². The van der Waals surface area contributed by atoms with Crippen molar-refractivity contribution in [3.63, 3.8) is 0 Å². The Bertz CT molecular complexity index is 840. The van der Waals surface area contributed by atoms with E-state index in [0.29, 0.717) is 24.8 Å². The third-order valence-electron chi connectivity index (χ3n) is 6.29. The van der Waals surface area contributed by atoms with E-state index in [1.165, 1.54) is 0 Å². The van der Waals surface area contributed by atoms with Crippen LogP contribution in [0.2, 0.25) is 0 Å². The summed E-state index contributed by atoms with van der Waals surface area (Å²) in [5.74, 6) is 1.54. The lowest BCUT2D eigenvalue weighted by Crippen LogP contribution is -2.33. The summed E-state index contributed by atoms with van der Waals surface area (Å²) in [6.45, 7) is 2.90. The minimum Gasteiger partial charge on any atom is -0.352 e. The van der Waals surface area contributed by atoms with Gasteiger partial charge in [-0.25, -0.2) is 0 Å². The standard InChI is InChI=1S/C19H24N4O3/c24-16(20-8-12-1-2-12)14-9-23-11-19(7-15(23)21-17(14)25)5-6-22(10-19)18(26)13-3-4-13/h9,12-13H,1-8,10-11H2,(H,20,24)/t19-/m0/s1. The maximum atomic E-state index is 12.4. The Morgan fingerprint density at radius 2 is 2.04 bits per heavy atom. The predicted octanol–water partition coefficient (Wildman–Crippen LogP) is 0.568. The molecular weight excluding hydrogens is 332 g/mol. The molecule has 1 aromatic heterocycles. The van der Waals surface area contributed by atoms with E-state index in [4.69, 9.17) is 0 Å².